The fraction of sp³-hybridized carbons (Fsp3) is 0.0312. The highest BCUT2D eigenvalue weighted by atomic mass is 16.5. The molecule has 0 aliphatic carbocycles. The number of nitrogens with one attached hydrogen (secondary N) is 1. The van der Waals surface area contributed by atoms with E-state index < -0.39 is 17.4 Å². The molecule has 194 valence electrons. The molecule has 0 atom stereocenters. The van der Waals surface area contributed by atoms with Crippen LogP contribution in [0.4, 0.5) is 5.69 Å². The summed E-state index contributed by atoms with van der Waals surface area (Å²) in [6.45, 7) is 0. The van der Waals surface area contributed by atoms with E-state index in [2.05, 4.69) is 15.3 Å². The van der Waals surface area contributed by atoms with Gasteiger partial charge < -0.3 is 14.8 Å². The molecule has 5 aromatic rings. The molecule has 3 heterocycles. The number of amides is 1. The minimum atomic E-state index is -1.19. The first-order valence-corrected chi connectivity index (χ1v) is 12.4. The fourth-order valence-electron chi connectivity index (χ4n) is 4.84. The maximum absolute atomic E-state index is 13.8. The zero-order valence-electron chi connectivity index (χ0n) is 21.0. The zero-order chi connectivity index (χ0) is 27.5. The number of aromatic nitrogens is 2. The van der Waals surface area contributed by atoms with E-state index in [9.17, 15) is 14.4 Å². The van der Waals surface area contributed by atoms with Gasteiger partial charge in [-0.2, -0.15) is 0 Å². The molecule has 40 heavy (non-hydrogen) atoms. The third-order valence-electron chi connectivity index (χ3n) is 6.71. The predicted molar refractivity (Wildman–Crippen MR) is 146 cm³/mol. The Bertz CT molecular complexity index is 1610. The first-order valence-electron chi connectivity index (χ1n) is 12.4. The van der Waals surface area contributed by atoms with E-state index in [4.69, 9.17) is 9.47 Å². The number of esters is 2. The molecule has 1 aliphatic rings. The molecule has 0 saturated heterocycles. The van der Waals surface area contributed by atoms with Crippen LogP contribution in [0.1, 0.15) is 37.4 Å². The number of nitrogens with zero attached hydrogens (tertiary/aromatic N) is 2. The molecule has 3 aromatic carbocycles. The molecule has 8 nitrogen and oxygen atoms in total. The highest BCUT2D eigenvalue weighted by molar-refractivity contribution is 6.11. The van der Waals surface area contributed by atoms with Crippen molar-refractivity contribution in [1.29, 1.82) is 0 Å². The summed E-state index contributed by atoms with van der Waals surface area (Å²) in [5.74, 6) is -0.630. The lowest BCUT2D eigenvalue weighted by atomic mass is 9.70. The number of rotatable bonds is 6. The van der Waals surface area contributed by atoms with E-state index in [0.717, 1.165) is 5.56 Å². The molecule has 1 amide bonds. The molecular weight excluding hydrogens is 506 g/mol. The van der Waals surface area contributed by atoms with Crippen molar-refractivity contribution in [3.8, 4) is 11.5 Å². The van der Waals surface area contributed by atoms with Gasteiger partial charge in [-0.25, -0.2) is 9.59 Å². The first kappa shape index (κ1) is 24.7. The number of carbonyl (C=O) groups is 3. The van der Waals surface area contributed by atoms with E-state index in [1.165, 1.54) is 12.4 Å². The van der Waals surface area contributed by atoms with Crippen LogP contribution in [-0.2, 0) is 10.2 Å². The number of para-hydroxylation sites is 1. The molecule has 8 heteroatoms. The summed E-state index contributed by atoms with van der Waals surface area (Å²) in [7, 11) is 0. The van der Waals surface area contributed by atoms with Crippen molar-refractivity contribution in [2.24, 2.45) is 0 Å². The Morgan fingerprint density at radius 2 is 1.12 bits per heavy atom. The standard InChI is InChI=1S/C32H21N3O5/c36-29(21-5-3-17-33-19-21)39-25-13-9-23(10-14-25)32(27-7-1-2-8-28(27)35-31(32)38)24-11-15-26(16-12-24)40-30(37)22-6-4-18-34-20-22/h1-20H,(H,35,38). The quantitative estimate of drug-likeness (QED) is 0.239. The molecule has 0 fully saturated rings. The summed E-state index contributed by atoms with van der Waals surface area (Å²) >= 11 is 0. The summed E-state index contributed by atoms with van der Waals surface area (Å²) in [4.78, 5) is 46.6. The highest BCUT2D eigenvalue weighted by Gasteiger charge is 2.49. The van der Waals surface area contributed by atoms with Crippen molar-refractivity contribution in [2.75, 3.05) is 5.32 Å². The lowest BCUT2D eigenvalue weighted by Crippen LogP contribution is -2.37. The number of benzene rings is 3. The molecule has 0 unspecified atom stereocenters. The Kier molecular flexibility index (Phi) is 6.34. The first-order chi connectivity index (χ1) is 19.6. The van der Waals surface area contributed by atoms with Gasteiger partial charge >= 0.3 is 11.9 Å². The van der Waals surface area contributed by atoms with Gasteiger partial charge in [0.05, 0.1) is 11.1 Å². The van der Waals surface area contributed by atoms with Crippen LogP contribution in [0.25, 0.3) is 0 Å². The topological polar surface area (TPSA) is 107 Å². The number of carbonyl (C=O) groups excluding carboxylic acids is 3. The Balaban J connectivity index is 1.34. The molecule has 0 spiro atoms. The van der Waals surface area contributed by atoms with Crippen LogP contribution < -0.4 is 14.8 Å². The van der Waals surface area contributed by atoms with Crippen molar-refractivity contribution in [3.05, 3.63) is 150 Å². The SMILES string of the molecule is O=C(Oc1ccc(C2(c3ccc(OC(=O)c4cccnc4)cc3)C(=O)Nc3ccccc32)cc1)c1cccnc1. The summed E-state index contributed by atoms with van der Waals surface area (Å²) in [5, 5.41) is 3.00. The van der Waals surface area contributed by atoms with Crippen molar-refractivity contribution >= 4 is 23.5 Å². The van der Waals surface area contributed by atoms with Gasteiger partial charge in [0, 0.05) is 36.0 Å². The van der Waals surface area contributed by atoms with Crippen LogP contribution in [-0.4, -0.2) is 27.8 Å². The maximum atomic E-state index is 13.8. The zero-order valence-corrected chi connectivity index (χ0v) is 21.0. The average molecular weight is 528 g/mol. The third-order valence-corrected chi connectivity index (χ3v) is 6.71. The van der Waals surface area contributed by atoms with Crippen LogP contribution >= 0.6 is 0 Å². The monoisotopic (exact) mass is 527 g/mol. The lowest BCUT2D eigenvalue weighted by Gasteiger charge is -2.29. The lowest BCUT2D eigenvalue weighted by molar-refractivity contribution is -0.118. The van der Waals surface area contributed by atoms with Gasteiger partial charge in [0.1, 0.15) is 16.9 Å². The number of hydrogen-bond donors (Lipinski definition) is 1. The third kappa shape index (κ3) is 4.37. The van der Waals surface area contributed by atoms with Gasteiger partial charge in [-0.1, -0.05) is 42.5 Å². The van der Waals surface area contributed by atoms with Crippen LogP contribution in [0.15, 0.2) is 122 Å². The number of pyridine rings is 2. The second-order valence-corrected chi connectivity index (χ2v) is 9.06. The van der Waals surface area contributed by atoms with E-state index in [1.54, 1.807) is 85.2 Å². The van der Waals surface area contributed by atoms with Crippen molar-refractivity contribution < 1.29 is 23.9 Å². The molecule has 6 rings (SSSR count). The molecule has 0 saturated carbocycles. The molecular formula is C32H21N3O5. The van der Waals surface area contributed by atoms with Crippen LogP contribution in [0.3, 0.4) is 0 Å². The number of fused-ring (bicyclic) bond motifs is 1. The Hall–Kier alpha value is -5.63. The van der Waals surface area contributed by atoms with E-state index >= 15 is 0 Å². The van der Waals surface area contributed by atoms with Gasteiger partial charge in [0.25, 0.3) is 0 Å². The number of ether oxygens (including phenoxy) is 2. The van der Waals surface area contributed by atoms with E-state index in [1.807, 2.05) is 24.3 Å². The van der Waals surface area contributed by atoms with Crippen molar-refractivity contribution in [3.63, 3.8) is 0 Å². The average Bonchev–Trinajstić information content (AvgIpc) is 3.31. The molecule has 0 radical (unpaired) electrons. The predicted octanol–water partition coefficient (Wildman–Crippen LogP) is 5.20. The normalized spacial score (nSPS) is 13.2. The van der Waals surface area contributed by atoms with Gasteiger partial charge in [-0.15, -0.1) is 0 Å². The smallest absolute Gasteiger partial charge is 0.345 e. The van der Waals surface area contributed by atoms with E-state index in [0.29, 0.717) is 39.4 Å². The van der Waals surface area contributed by atoms with Crippen LogP contribution in [0.2, 0.25) is 0 Å². The largest absolute Gasteiger partial charge is 0.423 e. The Labute approximate surface area is 229 Å². The summed E-state index contributed by atoms with van der Waals surface area (Å²) in [5.41, 5.74) is 2.31. The number of hydrogen-bond acceptors (Lipinski definition) is 7. The highest BCUT2D eigenvalue weighted by Crippen LogP contribution is 2.48. The van der Waals surface area contributed by atoms with Crippen molar-refractivity contribution in [1.82, 2.24) is 9.97 Å². The minimum absolute atomic E-state index is 0.228. The molecule has 2 aromatic heterocycles. The Morgan fingerprint density at radius 3 is 1.60 bits per heavy atom. The summed E-state index contributed by atoms with van der Waals surface area (Å²) in [6.07, 6.45) is 6.02. The van der Waals surface area contributed by atoms with Gasteiger partial charge in [-0.05, 0) is 65.7 Å². The van der Waals surface area contributed by atoms with Gasteiger partial charge in [0.2, 0.25) is 5.91 Å². The molecule has 0 bridgehead atoms. The second kappa shape index (κ2) is 10.3. The van der Waals surface area contributed by atoms with Gasteiger partial charge in [0.15, 0.2) is 0 Å². The van der Waals surface area contributed by atoms with E-state index in [-0.39, 0.29) is 5.91 Å². The Morgan fingerprint density at radius 1 is 0.625 bits per heavy atom. The van der Waals surface area contributed by atoms with Gasteiger partial charge in [-0.3, -0.25) is 14.8 Å². The minimum Gasteiger partial charge on any atom is -0.423 e. The second-order valence-electron chi connectivity index (χ2n) is 9.06. The molecule has 1 N–H and O–H groups in total. The number of anilines is 1. The summed E-state index contributed by atoms with van der Waals surface area (Å²) < 4.78 is 11.0. The van der Waals surface area contributed by atoms with Crippen molar-refractivity contribution in [2.45, 2.75) is 5.41 Å². The van der Waals surface area contributed by atoms with Crippen LogP contribution in [0.5, 0.6) is 11.5 Å². The fourth-order valence-corrected chi connectivity index (χ4v) is 4.84. The maximum Gasteiger partial charge on any atom is 0.345 e. The van der Waals surface area contributed by atoms with Crippen LogP contribution in [0, 0.1) is 0 Å². The summed E-state index contributed by atoms with van der Waals surface area (Å²) in [6, 6.07) is 27.7. The molecule has 1 aliphatic heterocycles.